The predicted molar refractivity (Wildman–Crippen MR) is 108 cm³/mol. The summed E-state index contributed by atoms with van der Waals surface area (Å²) in [6.07, 6.45) is 0.146. The van der Waals surface area contributed by atoms with Gasteiger partial charge in [-0.25, -0.2) is 0 Å². The molecule has 1 aromatic heterocycles. The van der Waals surface area contributed by atoms with Crippen molar-refractivity contribution in [2.75, 3.05) is 7.11 Å². The molecule has 1 heterocycles. The Morgan fingerprint density at radius 3 is 2.68 bits per heavy atom. The third-order valence-corrected chi connectivity index (χ3v) is 4.52. The molecule has 0 aliphatic carbocycles. The SMILES string of the molecule is COc1cccc(C(=O)CCC(=O)NCc2cc3cc(C)ccc3[nH]c2=O)c1. The summed E-state index contributed by atoms with van der Waals surface area (Å²) in [6, 6.07) is 14.4. The van der Waals surface area contributed by atoms with E-state index < -0.39 is 0 Å². The number of ether oxygens (including phenoxy) is 1. The van der Waals surface area contributed by atoms with E-state index in [0.29, 0.717) is 16.9 Å². The van der Waals surface area contributed by atoms with Gasteiger partial charge < -0.3 is 15.0 Å². The maximum Gasteiger partial charge on any atom is 0.253 e. The summed E-state index contributed by atoms with van der Waals surface area (Å²) >= 11 is 0. The van der Waals surface area contributed by atoms with Gasteiger partial charge in [0.25, 0.3) is 5.56 Å². The number of aromatic amines is 1. The summed E-state index contributed by atoms with van der Waals surface area (Å²) in [6.45, 7) is 2.09. The molecule has 3 rings (SSSR count). The zero-order valence-electron chi connectivity index (χ0n) is 15.9. The Morgan fingerprint density at radius 1 is 1.07 bits per heavy atom. The number of hydrogen-bond donors (Lipinski definition) is 2. The minimum Gasteiger partial charge on any atom is -0.497 e. The molecule has 0 aliphatic heterocycles. The second-order valence-electron chi connectivity index (χ2n) is 6.65. The van der Waals surface area contributed by atoms with Gasteiger partial charge in [-0.3, -0.25) is 14.4 Å². The van der Waals surface area contributed by atoms with Crippen molar-refractivity contribution in [3.05, 3.63) is 75.6 Å². The number of Topliss-reactive ketones (excluding diaryl/α,β-unsaturated/α-hetero) is 1. The number of carbonyl (C=O) groups is 2. The first kappa shape index (κ1) is 19.4. The van der Waals surface area contributed by atoms with E-state index >= 15 is 0 Å². The van der Waals surface area contributed by atoms with Crippen LogP contribution in [0, 0.1) is 6.92 Å². The largest absolute Gasteiger partial charge is 0.497 e. The summed E-state index contributed by atoms with van der Waals surface area (Å²) < 4.78 is 5.10. The zero-order chi connectivity index (χ0) is 20.1. The molecule has 2 N–H and O–H groups in total. The molecule has 144 valence electrons. The normalized spacial score (nSPS) is 10.6. The van der Waals surface area contributed by atoms with Gasteiger partial charge in [0.05, 0.1) is 7.11 Å². The van der Waals surface area contributed by atoms with Gasteiger partial charge in [0, 0.05) is 36.0 Å². The third kappa shape index (κ3) is 4.65. The van der Waals surface area contributed by atoms with Crippen molar-refractivity contribution in [3.63, 3.8) is 0 Å². The number of hydrogen-bond acceptors (Lipinski definition) is 4. The van der Waals surface area contributed by atoms with Crippen molar-refractivity contribution in [2.45, 2.75) is 26.3 Å². The topological polar surface area (TPSA) is 88.3 Å². The average Bonchev–Trinajstić information content (AvgIpc) is 2.70. The summed E-state index contributed by atoms with van der Waals surface area (Å²) in [5, 5.41) is 3.63. The minimum atomic E-state index is -0.278. The molecule has 0 radical (unpaired) electrons. The van der Waals surface area contributed by atoms with Gasteiger partial charge >= 0.3 is 0 Å². The van der Waals surface area contributed by atoms with Crippen molar-refractivity contribution in [1.82, 2.24) is 10.3 Å². The van der Waals surface area contributed by atoms with Crippen LogP contribution in [0.1, 0.15) is 34.3 Å². The van der Waals surface area contributed by atoms with Gasteiger partial charge in [-0.2, -0.15) is 0 Å². The highest BCUT2D eigenvalue weighted by Gasteiger charge is 2.11. The molecule has 0 saturated carbocycles. The number of methoxy groups -OCH3 is 1. The molecule has 3 aromatic rings. The Hall–Kier alpha value is -3.41. The Bertz CT molecular complexity index is 1090. The van der Waals surface area contributed by atoms with Crippen LogP contribution in [0.15, 0.2) is 53.3 Å². The van der Waals surface area contributed by atoms with Crippen molar-refractivity contribution >= 4 is 22.6 Å². The minimum absolute atomic E-state index is 0.0562. The Labute approximate surface area is 162 Å². The van der Waals surface area contributed by atoms with Crippen molar-refractivity contribution in [2.24, 2.45) is 0 Å². The highest BCUT2D eigenvalue weighted by Crippen LogP contribution is 2.15. The third-order valence-electron chi connectivity index (χ3n) is 4.52. The molecule has 0 saturated heterocycles. The zero-order valence-corrected chi connectivity index (χ0v) is 15.9. The fourth-order valence-corrected chi connectivity index (χ4v) is 2.95. The number of benzene rings is 2. The number of nitrogens with one attached hydrogen (secondary N) is 2. The van der Waals surface area contributed by atoms with Crippen LogP contribution in [0.3, 0.4) is 0 Å². The monoisotopic (exact) mass is 378 g/mol. The molecule has 0 atom stereocenters. The van der Waals surface area contributed by atoms with Crippen LogP contribution in [-0.2, 0) is 11.3 Å². The number of aryl methyl sites for hydroxylation is 1. The molecular weight excluding hydrogens is 356 g/mol. The first-order valence-electron chi connectivity index (χ1n) is 9.03. The second-order valence-corrected chi connectivity index (χ2v) is 6.65. The first-order valence-corrected chi connectivity index (χ1v) is 9.03. The molecule has 2 aromatic carbocycles. The Kier molecular flexibility index (Phi) is 5.89. The molecule has 0 unspecified atom stereocenters. The molecule has 0 bridgehead atoms. The van der Waals surface area contributed by atoms with Crippen molar-refractivity contribution in [1.29, 1.82) is 0 Å². The summed E-state index contributed by atoms with van der Waals surface area (Å²) in [5.74, 6) is 0.189. The standard InChI is InChI=1S/C22H22N2O4/c1-14-6-7-19-16(10-14)11-17(22(27)24-19)13-23-21(26)9-8-20(25)15-4-3-5-18(12-15)28-2/h3-7,10-12H,8-9,13H2,1-2H3,(H,23,26)(H,24,27). The molecule has 28 heavy (non-hydrogen) atoms. The lowest BCUT2D eigenvalue weighted by molar-refractivity contribution is -0.121. The number of amides is 1. The van der Waals surface area contributed by atoms with E-state index in [4.69, 9.17) is 4.74 Å². The van der Waals surface area contributed by atoms with Crippen LogP contribution in [0.25, 0.3) is 10.9 Å². The molecule has 0 spiro atoms. The van der Waals surface area contributed by atoms with E-state index in [-0.39, 0.29) is 36.6 Å². The van der Waals surface area contributed by atoms with E-state index in [0.717, 1.165) is 16.5 Å². The number of rotatable bonds is 7. The van der Waals surface area contributed by atoms with Crippen molar-refractivity contribution in [3.8, 4) is 5.75 Å². The van der Waals surface area contributed by atoms with Crippen LogP contribution in [0.2, 0.25) is 0 Å². The van der Waals surface area contributed by atoms with Gasteiger partial charge in [-0.1, -0.05) is 23.8 Å². The maximum atomic E-state index is 12.2. The highest BCUT2D eigenvalue weighted by molar-refractivity contribution is 5.98. The molecule has 6 heteroatoms. The predicted octanol–water partition coefficient (Wildman–Crippen LogP) is 3.12. The first-order chi connectivity index (χ1) is 13.5. The van der Waals surface area contributed by atoms with Crippen LogP contribution in [-0.4, -0.2) is 23.8 Å². The number of aromatic nitrogens is 1. The van der Waals surface area contributed by atoms with Gasteiger partial charge in [-0.15, -0.1) is 0 Å². The van der Waals surface area contributed by atoms with E-state index in [2.05, 4.69) is 10.3 Å². The fourth-order valence-electron chi connectivity index (χ4n) is 2.95. The van der Waals surface area contributed by atoms with Gasteiger partial charge in [-0.05, 0) is 42.6 Å². The van der Waals surface area contributed by atoms with E-state index in [1.807, 2.05) is 25.1 Å². The van der Waals surface area contributed by atoms with Crippen LogP contribution in [0.4, 0.5) is 0 Å². The average molecular weight is 378 g/mol. The number of pyridine rings is 1. The van der Waals surface area contributed by atoms with E-state index in [9.17, 15) is 14.4 Å². The highest BCUT2D eigenvalue weighted by atomic mass is 16.5. The van der Waals surface area contributed by atoms with Gasteiger partial charge in [0.1, 0.15) is 5.75 Å². The van der Waals surface area contributed by atoms with Crippen molar-refractivity contribution < 1.29 is 14.3 Å². The van der Waals surface area contributed by atoms with Gasteiger partial charge in [0.2, 0.25) is 5.91 Å². The summed E-state index contributed by atoms with van der Waals surface area (Å²) in [7, 11) is 1.53. The number of H-pyrrole nitrogens is 1. The lowest BCUT2D eigenvalue weighted by Gasteiger charge is -2.07. The number of carbonyl (C=O) groups excluding carboxylic acids is 2. The fraction of sp³-hybridized carbons (Fsp3) is 0.227. The van der Waals surface area contributed by atoms with E-state index in [1.54, 1.807) is 30.3 Å². The molecule has 0 aliphatic rings. The molecular formula is C22H22N2O4. The second kappa shape index (κ2) is 8.52. The molecule has 0 fully saturated rings. The lowest BCUT2D eigenvalue weighted by Crippen LogP contribution is -2.27. The molecule has 1 amide bonds. The van der Waals surface area contributed by atoms with Gasteiger partial charge in [0.15, 0.2) is 5.78 Å². The maximum absolute atomic E-state index is 12.2. The van der Waals surface area contributed by atoms with Crippen LogP contribution >= 0.6 is 0 Å². The smallest absolute Gasteiger partial charge is 0.253 e. The molecule has 6 nitrogen and oxygen atoms in total. The Morgan fingerprint density at radius 2 is 1.89 bits per heavy atom. The summed E-state index contributed by atoms with van der Waals surface area (Å²) in [5.41, 5.74) is 2.60. The number of fused-ring (bicyclic) bond motifs is 1. The van der Waals surface area contributed by atoms with E-state index in [1.165, 1.54) is 7.11 Å². The van der Waals surface area contributed by atoms with Crippen LogP contribution < -0.4 is 15.6 Å². The lowest BCUT2D eigenvalue weighted by atomic mass is 10.1. The Balaban J connectivity index is 1.58. The summed E-state index contributed by atoms with van der Waals surface area (Å²) in [4.78, 5) is 39.3. The number of ketones is 1. The quantitative estimate of drug-likeness (QED) is 0.618. The van der Waals surface area contributed by atoms with Crippen LogP contribution in [0.5, 0.6) is 5.75 Å².